The number of carbonyl (C=O) groups is 1. The lowest BCUT2D eigenvalue weighted by Crippen LogP contribution is -2.45. The second-order valence-corrected chi connectivity index (χ2v) is 11.6. The van der Waals surface area contributed by atoms with Gasteiger partial charge < -0.3 is 4.90 Å². The summed E-state index contributed by atoms with van der Waals surface area (Å²) in [4.78, 5) is 34.2. The maximum atomic E-state index is 13.2. The van der Waals surface area contributed by atoms with E-state index < -0.39 is 9.84 Å². The summed E-state index contributed by atoms with van der Waals surface area (Å²) in [6.07, 6.45) is 3.68. The maximum absolute atomic E-state index is 13.2. The van der Waals surface area contributed by atoms with Crippen LogP contribution in [0.1, 0.15) is 24.8 Å². The van der Waals surface area contributed by atoms with E-state index >= 15 is 0 Å². The van der Waals surface area contributed by atoms with E-state index in [0.717, 1.165) is 28.8 Å². The number of hydrogen-bond acceptors (Lipinski definition) is 6. The lowest BCUT2D eigenvalue weighted by Gasteiger charge is -2.28. The molecule has 1 saturated heterocycles. The van der Waals surface area contributed by atoms with Crippen LogP contribution in [0.15, 0.2) is 41.5 Å². The maximum Gasteiger partial charge on any atom is 0.262 e. The molecule has 1 aliphatic carbocycles. The number of nitrogens with zero attached hydrogens (tertiary/aromatic N) is 3. The third kappa shape index (κ3) is 3.80. The minimum absolute atomic E-state index is 0.0193. The van der Waals surface area contributed by atoms with E-state index in [-0.39, 0.29) is 41.6 Å². The minimum atomic E-state index is -3.09. The predicted octanol–water partition coefficient (Wildman–Crippen LogP) is 2.61. The quantitative estimate of drug-likeness (QED) is 0.588. The smallest absolute Gasteiger partial charge is 0.262 e. The summed E-state index contributed by atoms with van der Waals surface area (Å²) in [5.41, 5.74) is 1.67. The number of benzene rings is 1. The molecule has 2 aromatic heterocycles. The summed E-state index contributed by atoms with van der Waals surface area (Å²) in [7, 11) is -3.09. The van der Waals surface area contributed by atoms with Crippen LogP contribution in [-0.4, -0.2) is 52.4 Å². The summed E-state index contributed by atoms with van der Waals surface area (Å²) < 4.78 is 25.2. The van der Waals surface area contributed by atoms with Gasteiger partial charge in [-0.3, -0.25) is 14.2 Å². The van der Waals surface area contributed by atoms with E-state index in [1.165, 1.54) is 22.2 Å². The van der Waals surface area contributed by atoms with Crippen molar-refractivity contribution >= 4 is 37.3 Å². The van der Waals surface area contributed by atoms with Gasteiger partial charge in [0.1, 0.15) is 11.4 Å². The molecule has 0 spiro atoms. The average molecular weight is 458 g/mol. The lowest BCUT2D eigenvalue weighted by atomic mass is 10.1. The van der Waals surface area contributed by atoms with E-state index in [1.54, 1.807) is 4.90 Å². The van der Waals surface area contributed by atoms with E-state index in [9.17, 15) is 18.0 Å². The molecule has 31 heavy (non-hydrogen) atoms. The van der Waals surface area contributed by atoms with Crippen LogP contribution >= 0.6 is 11.3 Å². The number of hydrogen-bond donors (Lipinski definition) is 0. The van der Waals surface area contributed by atoms with Crippen LogP contribution in [0.5, 0.6) is 0 Å². The molecule has 3 aromatic rings. The van der Waals surface area contributed by atoms with Gasteiger partial charge in [-0.15, -0.1) is 11.3 Å². The van der Waals surface area contributed by atoms with Crippen LogP contribution in [-0.2, 0) is 21.2 Å². The van der Waals surface area contributed by atoms with E-state index in [2.05, 4.69) is 4.98 Å². The topological polar surface area (TPSA) is 89.3 Å². The van der Waals surface area contributed by atoms with Gasteiger partial charge in [0.05, 0.1) is 23.2 Å². The molecule has 7 nitrogen and oxygen atoms in total. The Bertz CT molecular complexity index is 1320. The molecular formula is C22H23N3O4S2. The van der Waals surface area contributed by atoms with Gasteiger partial charge >= 0.3 is 0 Å². The van der Waals surface area contributed by atoms with Gasteiger partial charge in [-0.25, -0.2) is 13.4 Å². The van der Waals surface area contributed by atoms with Crippen molar-refractivity contribution in [1.29, 1.82) is 0 Å². The molecule has 1 amide bonds. The fraction of sp³-hybridized carbons (Fsp3) is 0.409. The number of aromatic nitrogens is 2. The summed E-state index contributed by atoms with van der Waals surface area (Å²) in [6, 6.07) is 9.67. The van der Waals surface area contributed by atoms with Gasteiger partial charge in [0.2, 0.25) is 5.91 Å². The summed E-state index contributed by atoms with van der Waals surface area (Å²) >= 11 is 1.47. The SMILES string of the molecule is Cc1c(-c2ccccc2)sc2ncn(CC(=O)N(C3CC3)[C@H]3CCS(=O)(=O)C3)c(=O)c12. The molecule has 1 aromatic carbocycles. The Morgan fingerprint density at radius 2 is 1.94 bits per heavy atom. The predicted molar refractivity (Wildman–Crippen MR) is 121 cm³/mol. The van der Waals surface area contributed by atoms with Crippen LogP contribution in [0.3, 0.4) is 0 Å². The van der Waals surface area contributed by atoms with Crippen molar-refractivity contribution in [2.45, 2.75) is 44.8 Å². The Hall–Kier alpha value is -2.52. The molecule has 1 aliphatic heterocycles. The van der Waals surface area contributed by atoms with Crippen LogP contribution in [0.2, 0.25) is 0 Å². The Balaban J connectivity index is 1.46. The molecule has 5 rings (SSSR count). The van der Waals surface area contributed by atoms with Crippen LogP contribution in [0, 0.1) is 6.92 Å². The first-order valence-electron chi connectivity index (χ1n) is 10.4. The number of amides is 1. The van der Waals surface area contributed by atoms with Gasteiger partial charge in [-0.05, 0) is 37.3 Å². The van der Waals surface area contributed by atoms with Gasteiger partial charge in [0.25, 0.3) is 5.56 Å². The van der Waals surface area contributed by atoms with Gasteiger partial charge in [0.15, 0.2) is 9.84 Å². The number of rotatable bonds is 5. The number of fused-ring (bicyclic) bond motifs is 1. The third-order valence-corrected chi connectivity index (χ3v) is 9.09. The first-order chi connectivity index (χ1) is 14.8. The zero-order chi connectivity index (χ0) is 21.8. The molecule has 162 valence electrons. The Labute approximate surface area is 184 Å². The van der Waals surface area contributed by atoms with Crippen LogP contribution < -0.4 is 5.56 Å². The monoisotopic (exact) mass is 457 g/mol. The van der Waals surface area contributed by atoms with Gasteiger partial charge in [-0.1, -0.05) is 30.3 Å². The van der Waals surface area contributed by atoms with Crippen molar-refractivity contribution in [3.05, 3.63) is 52.6 Å². The van der Waals surface area contributed by atoms with Crippen molar-refractivity contribution in [2.24, 2.45) is 0 Å². The van der Waals surface area contributed by atoms with Crippen LogP contribution in [0.4, 0.5) is 0 Å². The zero-order valence-corrected chi connectivity index (χ0v) is 18.8. The molecule has 3 heterocycles. The standard InChI is InChI=1S/C22H23N3O4S2/c1-14-19-21(30-20(14)15-5-3-2-4-6-15)23-13-24(22(19)27)11-18(26)25(16-7-8-16)17-9-10-31(28,29)12-17/h2-6,13,16-17H,7-12H2,1H3/t17-/m0/s1. The Morgan fingerprint density at radius 3 is 2.58 bits per heavy atom. The molecule has 0 N–H and O–H groups in total. The van der Waals surface area contributed by atoms with Crippen LogP contribution in [0.25, 0.3) is 20.7 Å². The van der Waals surface area contributed by atoms with E-state index in [1.807, 2.05) is 37.3 Å². The Kier molecular flexibility index (Phi) is 4.97. The normalized spacial score (nSPS) is 20.2. The first kappa shape index (κ1) is 20.4. The van der Waals surface area contributed by atoms with Gasteiger partial charge in [-0.2, -0.15) is 0 Å². The molecule has 0 radical (unpaired) electrons. The fourth-order valence-electron chi connectivity index (χ4n) is 4.42. The molecular weight excluding hydrogens is 434 g/mol. The molecule has 0 unspecified atom stereocenters. The summed E-state index contributed by atoms with van der Waals surface area (Å²) in [6.45, 7) is 1.79. The zero-order valence-electron chi connectivity index (χ0n) is 17.2. The van der Waals surface area contributed by atoms with E-state index in [4.69, 9.17) is 0 Å². The van der Waals surface area contributed by atoms with Crippen molar-refractivity contribution in [2.75, 3.05) is 11.5 Å². The Morgan fingerprint density at radius 1 is 1.19 bits per heavy atom. The molecule has 9 heteroatoms. The van der Waals surface area contributed by atoms with Crippen molar-refractivity contribution < 1.29 is 13.2 Å². The first-order valence-corrected chi connectivity index (χ1v) is 13.0. The van der Waals surface area contributed by atoms with Gasteiger partial charge in [0, 0.05) is 17.0 Å². The third-order valence-electron chi connectivity index (χ3n) is 6.09. The fourth-order valence-corrected chi connectivity index (χ4v) is 7.27. The molecule has 2 aliphatic rings. The highest BCUT2D eigenvalue weighted by Gasteiger charge is 2.42. The summed E-state index contributed by atoms with van der Waals surface area (Å²) in [5, 5.41) is 0.542. The number of carbonyl (C=O) groups excluding carboxylic acids is 1. The highest BCUT2D eigenvalue weighted by molar-refractivity contribution is 7.91. The molecule has 1 saturated carbocycles. The number of aryl methyl sites for hydroxylation is 1. The second-order valence-electron chi connectivity index (χ2n) is 8.37. The molecule has 0 bridgehead atoms. The molecule has 2 fully saturated rings. The van der Waals surface area contributed by atoms with Crippen molar-refractivity contribution in [3.63, 3.8) is 0 Å². The highest BCUT2D eigenvalue weighted by atomic mass is 32.2. The van der Waals surface area contributed by atoms with Crippen molar-refractivity contribution in [1.82, 2.24) is 14.5 Å². The highest BCUT2D eigenvalue weighted by Crippen LogP contribution is 2.35. The lowest BCUT2D eigenvalue weighted by molar-refractivity contribution is -0.134. The summed E-state index contributed by atoms with van der Waals surface area (Å²) in [5.74, 6) is -0.0623. The average Bonchev–Trinajstić information content (AvgIpc) is 3.42. The largest absolute Gasteiger partial charge is 0.334 e. The minimum Gasteiger partial charge on any atom is -0.334 e. The van der Waals surface area contributed by atoms with E-state index in [0.29, 0.717) is 16.6 Å². The van der Waals surface area contributed by atoms with Crippen molar-refractivity contribution in [3.8, 4) is 10.4 Å². The second kappa shape index (κ2) is 7.56. The number of thiophene rings is 1. The molecule has 1 atom stereocenters. The number of sulfone groups is 1.